The van der Waals surface area contributed by atoms with Crippen molar-refractivity contribution in [3.8, 4) is 16.9 Å². The predicted molar refractivity (Wildman–Crippen MR) is 91.6 cm³/mol. The molecule has 0 aliphatic carbocycles. The number of carbonyl (C=O) groups is 1. The molecule has 1 N–H and O–H groups in total. The van der Waals surface area contributed by atoms with Crippen molar-refractivity contribution < 1.29 is 9.53 Å². The lowest BCUT2D eigenvalue weighted by molar-refractivity contribution is -0.125. The molecule has 1 amide bonds. The lowest BCUT2D eigenvalue weighted by Crippen LogP contribution is -2.42. The second-order valence-electron chi connectivity index (χ2n) is 6.14. The van der Waals surface area contributed by atoms with Crippen molar-refractivity contribution in [2.45, 2.75) is 18.9 Å². The molecule has 3 rings (SSSR count). The van der Waals surface area contributed by atoms with Gasteiger partial charge < -0.3 is 10.1 Å². The van der Waals surface area contributed by atoms with E-state index in [9.17, 15) is 4.79 Å². The minimum Gasteiger partial charge on any atom is -0.492 e. The molecule has 1 fully saturated rings. The molecular formula is C18H23N4O2. The molecule has 0 spiro atoms. The first-order chi connectivity index (χ1) is 11.6. The third kappa shape index (κ3) is 3.94. The summed E-state index contributed by atoms with van der Waals surface area (Å²) in [5, 5.41) is 7.12. The molecule has 0 bridgehead atoms. The average Bonchev–Trinajstić information content (AvgIpc) is 3.20. The van der Waals surface area contributed by atoms with E-state index in [0.717, 1.165) is 36.3 Å². The number of carbonyl (C=O) groups excluding carboxylic acids is 1. The van der Waals surface area contributed by atoms with Gasteiger partial charge in [-0.2, -0.15) is 5.10 Å². The van der Waals surface area contributed by atoms with E-state index in [-0.39, 0.29) is 11.9 Å². The fourth-order valence-corrected chi connectivity index (χ4v) is 2.97. The molecule has 24 heavy (non-hydrogen) atoms. The number of nitrogens with one attached hydrogen (secondary N) is 1. The summed E-state index contributed by atoms with van der Waals surface area (Å²) < 4.78 is 7.49. The molecule has 1 aromatic carbocycles. The Bertz CT molecular complexity index is 698. The standard InChI is InChI=1S/C18H23N4O2/c1-21-9-4-7-17(21)18(23)19-8-10-24-16-6-3-5-14(11-16)15-12-20-22(2)13-15/h5-6,11-13,17H,4,7-10H2,1-2H3,(H,19,23)/t17-/m1/s1. The van der Waals surface area contributed by atoms with E-state index < -0.39 is 0 Å². The monoisotopic (exact) mass is 327 g/mol. The van der Waals surface area contributed by atoms with Crippen LogP contribution in [0.15, 0.2) is 30.6 Å². The number of nitrogens with zero attached hydrogens (tertiary/aromatic N) is 3. The van der Waals surface area contributed by atoms with Gasteiger partial charge in [0.05, 0.1) is 18.8 Å². The van der Waals surface area contributed by atoms with Crippen LogP contribution in [-0.2, 0) is 11.8 Å². The van der Waals surface area contributed by atoms with Crippen molar-refractivity contribution in [1.29, 1.82) is 0 Å². The zero-order chi connectivity index (χ0) is 16.9. The van der Waals surface area contributed by atoms with Gasteiger partial charge in [-0.1, -0.05) is 0 Å². The molecule has 1 aromatic heterocycles. The predicted octanol–water partition coefficient (Wildman–Crippen LogP) is 1.48. The molecule has 1 atom stereocenters. The van der Waals surface area contributed by atoms with Gasteiger partial charge in [0, 0.05) is 18.8 Å². The normalized spacial score (nSPS) is 17.8. The Morgan fingerprint density at radius 3 is 3.00 bits per heavy atom. The number of aryl methyl sites for hydroxylation is 1. The summed E-state index contributed by atoms with van der Waals surface area (Å²) in [5.41, 5.74) is 2.04. The highest BCUT2D eigenvalue weighted by atomic mass is 16.5. The minimum atomic E-state index is 0.00671. The van der Waals surface area contributed by atoms with Crippen molar-refractivity contribution in [3.05, 3.63) is 36.7 Å². The number of amides is 1. The summed E-state index contributed by atoms with van der Waals surface area (Å²) in [6, 6.07) is 8.75. The third-order valence-electron chi connectivity index (χ3n) is 4.29. The zero-order valence-electron chi connectivity index (χ0n) is 14.2. The van der Waals surface area contributed by atoms with Crippen molar-refractivity contribution in [3.63, 3.8) is 0 Å². The number of likely N-dealkylation sites (tertiary alicyclic amines) is 1. The van der Waals surface area contributed by atoms with Gasteiger partial charge in [0.25, 0.3) is 0 Å². The Morgan fingerprint density at radius 2 is 2.29 bits per heavy atom. The van der Waals surface area contributed by atoms with Crippen molar-refractivity contribution in [1.82, 2.24) is 20.0 Å². The van der Waals surface area contributed by atoms with Crippen molar-refractivity contribution >= 4 is 5.91 Å². The molecular weight excluding hydrogens is 304 g/mol. The van der Waals surface area contributed by atoms with Crippen LogP contribution >= 0.6 is 0 Å². The fourth-order valence-electron chi connectivity index (χ4n) is 2.97. The molecule has 0 unspecified atom stereocenters. The summed E-state index contributed by atoms with van der Waals surface area (Å²) in [7, 11) is 3.88. The van der Waals surface area contributed by atoms with E-state index >= 15 is 0 Å². The Labute approximate surface area is 142 Å². The molecule has 127 valence electrons. The van der Waals surface area contributed by atoms with Gasteiger partial charge in [0.2, 0.25) is 5.91 Å². The number of aromatic nitrogens is 2. The van der Waals surface area contributed by atoms with Crippen LogP contribution in [0.4, 0.5) is 0 Å². The largest absolute Gasteiger partial charge is 0.492 e. The maximum atomic E-state index is 12.1. The Hall–Kier alpha value is -2.34. The molecule has 1 saturated heterocycles. The number of ether oxygens (including phenoxy) is 1. The van der Waals surface area contributed by atoms with Gasteiger partial charge in [-0.25, -0.2) is 0 Å². The smallest absolute Gasteiger partial charge is 0.237 e. The van der Waals surface area contributed by atoms with E-state index in [0.29, 0.717) is 13.2 Å². The van der Waals surface area contributed by atoms with Gasteiger partial charge in [-0.15, -0.1) is 0 Å². The maximum Gasteiger partial charge on any atom is 0.237 e. The molecule has 6 nitrogen and oxygen atoms in total. The SMILES string of the molecule is CN1CCC[C@@H]1C(=O)NCCOc1c[c]cc(-c2cnn(C)c2)c1. The molecule has 1 aliphatic heterocycles. The first-order valence-electron chi connectivity index (χ1n) is 8.24. The topological polar surface area (TPSA) is 59.4 Å². The molecule has 6 heteroatoms. The lowest BCUT2D eigenvalue weighted by Gasteiger charge is -2.18. The second kappa shape index (κ2) is 7.49. The number of hydrogen-bond acceptors (Lipinski definition) is 4. The van der Waals surface area contributed by atoms with Crippen molar-refractivity contribution in [2.24, 2.45) is 7.05 Å². The highest BCUT2D eigenvalue weighted by Gasteiger charge is 2.27. The number of hydrogen-bond donors (Lipinski definition) is 1. The molecule has 0 saturated carbocycles. The molecule has 1 radical (unpaired) electrons. The number of likely N-dealkylation sites (N-methyl/N-ethyl adjacent to an activating group) is 1. The second-order valence-corrected chi connectivity index (χ2v) is 6.14. The van der Waals surface area contributed by atoms with Gasteiger partial charge in [0.15, 0.2) is 0 Å². The van der Waals surface area contributed by atoms with E-state index in [1.807, 2.05) is 38.6 Å². The van der Waals surface area contributed by atoms with Crippen LogP contribution in [-0.4, -0.2) is 53.4 Å². The van der Waals surface area contributed by atoms with Crippen LogP contribution in [0.3, 0.4) is 0 Å². The average molecular weight is 327 g/mol. The van der Waals surface area contributed by atoms with E-state index in [2.05, 4.69) is 21.4 Å². The molecule has 2 heterocycles. The highest BCUT2D eigenvalue weighted by molar-refractivity contribution is 5.81. The fraction of sp³-hybridized carbons (Fsp3) is 0.444. The zero-order valence-corrected chi connectivity index (χ0v) is 14.2. The van der Waals surface area contributed by atoms with Gasteiger partial charge in [0.1, 0.15) is 12.4 Å². The summed E-state index contributed by atoms with van der Waals surface area (Å²) in [6.07, 6.45) is 5.78. The summed E-state index contributed by atoms with van der Waals surface area (Å²) in [6.45, 7) is 1.93. The van der Waals surface area contributed by atoms with Gasteiger partial charge in [-0.05, 0) is 56.3 Å². The minimum absolute atomic E-state index is 0.00671. The lowest BCUT2D eigenvalue weighted by atomic mass is 10.1. The Morgan fingerprint density at radius 1 is 1.42 bits per heavy atom. The summed E-state index contributed by atoms with van der Waals surface area (Å²) in [5.74, 6) is 0.831. The molecule has 1 aliphatic rings. The number of benzene rings is 1. The van der Waals surface area contributed by atoms with Crippen LogP contribution in [0.25, 0.3) is 11.1 Å². The van der Waals surface area contributed by atoms with E-state index in [1.54, 1.807) is 10.7 Å². The first-order valence-corrected chi connectivity index (χ1v) is 8.24. The first kappa shape index (κ1) is 16.5. The maximum absolute atomic E-state index is 12.1. The summed E-state index contributed by atoms with van der Waals surface area (Å²) >= 11 is 0. The third-order valence-corrected chi connectivity index (χ3v) is 4.29. The Balaban J connectivity index is 1.48. The van der Waals surface area contributed by atoms with Crippen LogP contribution in [0, 0.1) is 6.07 Å². The van der Waals surface area contributed by atoms with Crippen LogP contribution in [0.5, 0.6) is 5.75 Å². The van der Waals surface area contributed by atoms with Gasteiger partial charge >= 0.3 is 0 Å². The van der Waals surface area contributed by atoms with Crippen molar-refractivity contribution in [2.75, 3.05) is 26.7 Å². The summed E-state index contributed by atoms with van der Waals surface area (Å²) in [4.78, 5) is 14.2. The van der Waals surface area contributed by atoms with E-state index in [1.165, 1.54) is 0 Å². The Kier molecular flexibility index (Phi) is 5.15. The molecule has 2 aromatic rings. The van der Waals surface area contributed by atoms with E-state index in [4.69, 9.17) is 4.74 Å². The van der Waals surface area contributed by atoms with Gasteiger partial charge in [-0.3, -0.25) is 14.4 Å². The number of rotatable bonds is 6. The van der Waals surface area contributed by atoms with Crippen LogP contribution < -0.4 is 10.1 Å². The van der Waals surface area contributed by atoms with Crippen LogP contribution in [0.2, 0.25) is 0 Å². The van der Waals surface area contributed by atoms with Crippen LogP contribution in [0.1, 0.15) is 12.8 Å². The highest BCUT2D eigenvalue weighted by Crippen LogP contribution is 2.22. The quantitative estimate of drug-likeness (QED) is 0.817.